The first-order valence-corrected chi connectivity index (χ1v) is 5.20. The van der Waals surface area contributed by atoms with E-state index in [1.165, 1.54) is 7.11 Å². The van der Waals surface area contributed by atoms with Crippen molar-refractivity contribution in [1.29, 1.82) is 0 Å². The minimum atomic E-state index is -1.36. The van der Waals surface area contributed by atoms with Crippen molar-refractivity contribution < 1.29 is 9.53 Å². The lowest BCUT2D eigenvalue weighted by atomic mass is 10.2. The molecule has 0 saturated carbocycles. The summed E-state index contributed by atoms with van der Waals surface area (Å²) in [5.41, 5.74) is 0. The van der Waals surface area contributed by atoms with Gasteiger partial charge < -0.3 is 4.74 Å². The van der Waals surface area contributed by atoms with Crippen molar-refractivity contribution in [3.63, 3.8) is 0 Å². The van der Waals surface area contributed by atoms with Gasteiger partial charge in [-0.1, -0.05) is 34.8 Å². The number of methoxy groups -OCH3 is 1. The molecule has 0 N–H and O–H groups in total. The zero-order valence-corrected chi connectivity index (χ0v) is 10.1. The van der Waals surface area contributed by atoms with Crippen LogP contribution in [-0.4, -0.2) is 22.2 Å². The van der Waals surface area contributed by atoms with Gasteiger partial charge in [-0.2, -0.15) is 0 Å². The van der Waals surface area contributed by atoms with Crippen molar-refractivity contribution in [1.82, 2.24) is 0 Å². The van der Waals surface area contributed by atoms with E-state index in [4.69, 9.17) is 46.4 Å². The van der Waals surface area contributed by atoms with E-state index in [1.807, 2.05) is 0 Å². The van der Waals surface area contributed by atoms with Crippen LogP contribution in [0, 0.1) is 0 Å². The number of alkyl halides is 4. The summed E-state index contributed by atoms with van der Waals surface area (Å²) in [6, 6.07) is 0. The fourth-order valence-corrected chi connectivity index (χ4v) is 1.87. The van der Waals surface area contributed by atoms with Gasteiger partial charge in [0.05, 0.1) is 7.11 Å². The number of rotatable bonds is 4. The molecule has 1 unspecified atom stereocenters. The number of halogens is 4. The number of carbonyl (C=O) groups is 1. The third-order valence-corrected chi connectivity index (χ3v) is 2.18. The van der Waals surface area contributed by atoms with Gasteiger partial charge in [-0.25, -0.2) is 0 Å². The highest BCUT2D eigenvalue weighted by Crippen LogP contribution is 2.34. The minimum absolute atomic E-state index is 0.218. The Morgan fingerprint density at radius 3 is 2.38 bits per heavy atom. The van der Waals surface area contributed by atoms with Crippen molar-refractivity contribution in [3.8, 4) is 0 Å². The van der Waals surface area contributed by atoms with Gasteiger partial charge in [-0.15, -0.1) is 11.6 Å². The van der Waals surface area contributed by atoms with Crippen LogP contribution < -0.4 is 0 Å². The summed E-state index contributed by atoms with van der Waals surface area (Å²) < 4.78 is 3.08. The van der Waals surface area contributed by atoms with Crippen molar-refractivity contribution in [2.24, 2.45) is 0 Å². The lowest BCUT2D eigenvalue weighted by molar-refractivity contribution is -0.140. The number of carbonyl (C=O) groups excluding carboxylic acids is 1. The molecular formula is C7H10Cl4O2. The molecule has 78 valence electrons. The summed E-state index contributed by atoms with van der Waals surface area (Å²) in [5, 5.41) is -0.327. The van der Waals surface area contributed by atoms with Crippen molar-refractivity contribution in [3.05, 3.63) is 0 Å². The van der Waals surface area contributed by atoms with E-state index in [1.54, 1.807) is 0 Å². The van der Waals surface area contributed by atoms with Gasteiger partial charge >= 0.3 is 5.97 Å². The summed E-state index contributed by atoms with van der Waals surface area (Å²) in [6.07, 6.45) is 0.907. The molecule has 0 saturated heterocycles. The maximum Gasteiger partial charge on any atom is 0.305 e. The van der Waals surface area contributed by atoms with E-state index in [-0.39, 0.29) is 24.2 Å². The van der Waals surface area contributed by atoms with E-state index < -0.39 is 3.79 Å². The number of hydrogen-bond donors (Lipinski definition) is 0. The first-order chi connectivity index (χ1) is 5.85. The number of ether oxygens (including phenoxy) is 1. The molecule has 0 radical (unpaired) electrons. The van der Waals surface area contributed by atoms with Crippen LogP contribution in [-0.2, 0) is 9.53 Å². The maximum absolute atomic E-state index is 10.7. The fraction of sp³-hybridized carbons (Fsp3) is 0.857. The van der Waals surface area contributed by atoms with Gasteiger partial charge in [-0.3, -0.25) is 4.79 Å². The zero-order valence-electron chi connectivity index (χ0n) is 7.03. The van der Waals surface area contributed by atoms with Gasteiger partial charge in [0.25, 0.3) is 0 Å². The van der Waals surface area contributed by atoms with Crippen molar-refractivity contribution in [2.75, 3.05) is 7.11 Å². The molecule has 0 aromatic rings. The summed E-state index contributed by atoms with van der Waals surface area (Å²) in [4.78, 5) is 10.7. The van der Waals surface area contributed by atoms with Crippen molar-refractivity contribution in [2.45, 2.75) is 28.4 Å². The van der Waals surface area contributed by atoms with Crippen LogP contribution in [0.5, 0.6) is 0 Å². The first-order valence-electron chi connectivity index (χ1n) is 3.63. The molecule has 0 rings (SSSR count). The first kappa shape index (κ1) is 13.6. The van der Waals surface area contributed by atoms with Crippen LogP contribution in [0.15, 0.2) is 0 Å². The standard InChI is InChI=1S/C7H10Cl4O2/c1-13-6(12)3-2-5(8)4-7(9,10)11/h5H,2-4H2,1H3. The van der Waals surface area contributed by atoms with Gasteiger partial charge in [0.2, 0.25) is 0 Å². The van der Waals surface area contributed by atoms with Crippen LogP contribution in [0.25, 0.3) is 0 Å². The number of hydrogen-bond acceptors (Lipinski definition) is 2. The SMILES string of the molecule is COC(=O)CCC(Cl)CC(Cl)(Cl)Cl. The highest BCUT2D eigenvalue weighted by molar-refractivity contribution is 6.67. The molecule has 0 bridgehead atoms. The Hall–Kier alpha value is 0.630. The predicted octanol–water partition coefficient (Wildman–Crippen LogP) is 3.31. The van der Waals surface area contributed by atoms with Crippen LogP contribution in [0.4, 0.5) is 0 Å². The van der Waals surface area contributed by atoms with E-state index in [0.29, 0.717) is 6.42 Å². The Labute approximate surface area is 97.4 Å². The van der Waals surface area contributed by atoms with Crippen LogP contribution in [0.3, 0.4) is 0 Å². The largest absolute Gasteiger partial charge is 0.469 e. The second-order valence-corrected chi connectivity index (χ2v) is 5.66. The Morgan fingerprint density at radius 2 is 2.00 bits per heavy atom. The smallest absolute Gasteiger partial charge is 0.305 e. The Bertz CT molecular complexity index is 166. The van der Waals surface area contributed by atoms with Crippen LogP contribution in [0.1, 0.15) is 19.3 Å². The predicted molar refractivity (Wildman–Crippen MR) is 55.8 cm³/mol. The molecule has 0 fully saturated rings. The van der Waals surface area contributed by atoms with Crippen LogP contribution in [0.2, 0.25) is 0 Å². The second-order valence-electron chi connectivity index (χ2n) is 2.53. The van der Waals surface area contributed by atoms with Crippen molar-refractivity contribution >= 4 is 52.4 Å². The monoisotopic (exact) mass is 266 g/mol. The van der Waals surface area contributed by atoms with Gasteiger partial charge in [0.15, 0.2) is 3.79 Å². The molecule has 0 aliphatic rings. The molecule has 0 aliphatic heterocycles. The lowest BCUT2D eigenvalue weighted by Gasteiger charge is -2.14. The minimum Gasteiger partial charge on any atom is -0.469 e. The van der Waals surface area contributed by atoms with E-state index in [2.05, 4.69) is 4.74 Å². The number of esters is 1. The molecule has 0 aliphatic carbocycles. The van der Waals surface area contributed by atoms with E-state index >= 15 is 0 Å². The molecule has 0 spiro atoms. The van der Waals surface area contributed by atoms with Gasteiger partial charge in [0.1, 0.15) is 0 Å². The van der Waals surface area contributed by atoms with Gasteiger partial charge in [-0.05, 0) is 6.42 Å². The summed E-state index contributed by atoms with van der Waals surface area (Å²) in [7, 11) is 1.32. The third kappa shape index (κ3) is 8.95. The van der Waals surface area contributed by atoms with Gasteiger partial charge in [0, 0.05) is 18.2 Å². The quantitative estimate of drug-likeness (QED) is 0.577. The molecule has 1 atom stereocenters. The molecule has 13 heavy (non-hydrogen) atoms. The maximum atomic E-state index is 10.7. The molecule has 0 aromatic heterocycles. The fourth-order valence-electron chi connectivity index (χ4n) is 0.730. The van der Waals surface area contributed by atoms with Crippen LogP contribution >= 0.6 is 46.4 Å². The Morgan fingerprint density at radius 1 is 1.46 bits per heavy atom. The third-order valence-electron chi connectivity index (χ3n) is 1.34. The Kier molecular flexibility index (Phi) is 6.48. The van der Waals surface area contributed by atoms with E-state index in [0.717, 1.165) is 0 Å². The molecular weight excluding hydrogens is 258 g/mol. The zero-order chi connectivity index (χ0) is 10.5. The average molecular weight is 268 g/mol. The topological polar surface area (TPSA) is 26.3 Å². The highest BCUT2D eigenvalue weighted by Gasteiger charge is 2.24. The molecule has 2 nitrogen and oxygen atoms in total. The molecule has 0 heterocycles. The lowest BCUT2D eigenvalue weighted by Crippen LogP contribution is -2.13. The summed E-state index contributed by atoms with van der Waals surface area (Å²) in [5.74, 6) is -0.310. The summed E-state index contributed by atoms with van der Waals surface area (Å²) in [6.45, 7) is 0. The molecule has 0 aromatic carbocycles. The normalized spacial score (nSPS) is 13.9. The molecule has 6 heteroatoms. The Balaban J connectivity index is 3.63. The second kappa shape index (κ2) is 6.18. The van der Waals surface area contributed by atoms with E-state index in [9.17, 15) is 4.79 Å². The summed E-state index contributed by atoms with van der Waals surface area (Å²) >= 11 is 22.3. The average Bonchev–Trinajstić information content (AvgIpc) is 1.97. The highest BCUT2D eigenvalue weighted by atomic mass is 35.6. The molecule has 0 amide bonds.